The number of benzene rings is 3. The van der Waals surface area contributed by atoms with E-state index in [1.54, 1.807) is 12.1 Å². The first-order valence-electron chi connectivity index (χ1n) is 13.4. The lowest BCUT2D eigenvalue weighted by Crippen LogP contribution is -2.45. The van der Waals surface area contributed by atoms with Crippen molar-refractivity contribution in [1.82, 2.24) is 8.61 Å². The van der Waals surface area contributed by atoms with Gasteiger partial charge >= 0.3 is 11.9 Å². The van der Waals surface area contributed by atoms with Crippen LogP contribution in [0, 0.1) is 22.7 Å². The summed E-state index contributed by atoms with van der Waals surface area (Å²) in [6, 6.07) is 15.9. The molecule has 2 N–H and O–H groups in total. The zero-order chi connectivity index (χ0) is 34.1. The number of carboxylic acids is 2. The zero-order valence-corrected chi connectivity index (χ0v) is 26.3. The van der Waals surface area contributed by atoms with Gasteiger partial charge in [0.25, 0.3) is 0 Å². The molecule has 0 heterocycles. The fourth-order valence-electron chi connectivity index (χ4n) is 4.49. The van der Waals surface area contributed by atoms with Crippen LogP contribution in [0.25, 0.3) is 0 Å². The Morgan fingerprint density at radius 2 is 1.00 bits per heavy atom. The number of ether oxygens (including phenoxy) is 2. The summed E-state index contributed by atoms with van der Waals surface area (Å²) in [4.78, 5) is 23.9. The summed E-state index contributed by atoms with van der Waals surface area (Å²) >= 11 is 0. The number of carboxylic acid groups (broad SMARTS) is 2. The van der Waals surface area contributed by atoms with Crippen LogP contribution >= 0.6 is 0 Å². The average molecular weight is 671 g/mol. The molecule has 0 fully saturated rings. The molecule has 3 rings (SSSR count). The molecule has 0 spiro atoms. The molecule has 0 saturated heterocycles. The van der Waals surface area contributed by atoms with E-state index in [4.69, 9.17) is 9.47 Å². The summed E-state index contributed by atoms with van der Waals surface area (Å²) in [6.07, 6.45) is -1.43. The van der Waals surface area contributed by atoms with Crippen molar-refractivity contribution in [3.05, 3.63) is 83.9 Å². The Hall–Kier alpha value is -5.00. The molecule has 3 aromatic rings. The van der Waals surface area contributed by atoms with Crippen LogP contribution in [0.2, 0.25) is 0 Å². The van der Waals surface area contributed by atoms with Gasteiger partial charge in [0.2, 0.25) is 20.0 Å². The molecular weight excluding hydrogens is 640 g/mol. The highest BCUT2D eigenvalue weighted by atomic mass is 32.2. The number of aliphatic carboxylic acids is 2. The van der Waals surface area contributed by atoms with Crippen molar-refractivity contribution in [3.8, 4) is 23.6 Å². The molecule has 0 radical (unpaired) electrons. The number of rotatable bonds is 16. The summed E-state index contributed by atoms with van der Waals surface area (Å²) in [5.41, 5.74) is 0.250. The zero-order valence-electron chi connectivity index (χ0n) is 24.7. The number of carbonyl (C=O) groups is 2. The maximum absolute atomic E-state index is 13.9. The van der Waals surface area contributed by atoms with Gasteiger partial charge in [0.15, 0.2) is 0 Å². The van der Waals surface area contributed by atoms with Crippen molar-refractivity contribution in [2.75, 3.05) is 14.2 Å². The molecule has 0 bridgehead atoms. The van der Waals surface area contributed by atoms with Crippen LogP contribution in [0.5, 0.6) is 11.5 Å². The number of sulfonamides is 2. The van der Waals surface area contributed by atoms with Crippen molar-refractivity contribution < 1.29 is 46.1 Å². The molecule has 0 aliphatic rings. The van der Waals surface area contributed by atoms with Crippen molar-refractivity contribution >= 4 is 32.0 Å². The van der Waals surface area contributed by atoms with Crippen LogP contribution in [0.3, 0.4) is 0 Å². The van der Waals surface area contributed by atoms with Crippen LogP contribution in [0.1, 0.15) is 24.0 Å². The summed E-state index contributed by atoms with van der Waals surface area (Å²) in [6.45, 7) is -1.26. The summed E-state index contributed by atoms with van der Waals surface area (Å²) in [5, 5.41) is 38.6. The average Bonchev–Trinajstić information content (AvgIpc) is 3.04. The van der Waals surface area contributed by atoms with Gasteiger partial charge in [-0.25, -0.2) is 16.8 Å². The maximum Gasteiger partial charge on any atom is 0.323 e. The van der Waals surface area contributed by atoms with Gasteiger partial charge in [-0.2, -0.15) is 19.1 Å². The Bertz CT molecular complexity index is 1710. The lowest BCUT2D eigenvalue weighted by molar-refractivity contribution is -0.142. The standard InChI is InChI=1S/C30H30N4O10S2/c1-43-23-7-11-25(12-8-23)45(39,40)33(27(15-17-31)29(35)36)19-21-5-3-4-6-22(21)20-34(28(16-18-32)30(37)38)46(41,42)26-13-9-24(44-2)10-14-26/h3-14,27-28H,15-16,19-20H2,1-2H3,(H,35,36)(H,37,38). The van der Waals surface area contributed by atoms with Crippen LogP contribution in [-0.4, -0.2) is 73.9 Å². The van der Waals surface area contributed by atoms with Crippen molar-refractivity contribution in [1.29, 1.82) is 10.5 Å². The van der Waals surface area contributed by atoms with E-state index < -0.39 is 70.0 Å². The Morgan fingerprint density at radius 1 is 0.674 bits per heavy atom. The topological polar surface area (TPSA) is 215 Å². The predicted molar refractivity (Wildman–Crippen MR) is 161 cm³/mol. The molecule has 0 aromatic heterocycles. The fourth-order valence-corrected chi connectivity index (χ4v) is 7.61. The van der Waals surface area contributed by atoms with E-state index in [1.807, 2.05) is 0 Å². The SMILES string of the molecule is COc1ccc(S(=O)(=O)N(Cc2ccccc2CN(C(CC#N)C(=O)O)S(=O)(=O)c2ccc(OC)cc2)C(CC#N)C(=O)O)cc1. The molecule has 16 heteroatoms. The highest BCUT2D eigenvalue weighted by Crippen LogP contribution is 2.29. The molecule has 2 unspecified atom stereocenters. The third kappa shape index (κ3) is 7.98. The van der Waals surface area contributed by atoms with Gasteiger partial charge in [0.05, 0.1) is 49.0 Å². The smallest absolute Gasteiger partial charge is 0.323 e. The summed E-state index contributed by atoms with van der Waals surface area (Å²) < 4.78 is 66.8. The summed E-state index contributed by atoms with van der Waals surface area (Å²) in [7, 11) is -6.42. The van der Waals surface area contributed by atoms with Gasteiger partial charge in [-0.3, -0.25) is 9.59 Å². The quantitative estimate of drug-likeness (QED) is 0.225. The van der Waals surface area contributed by atoms with Gasteiger partial charge < -0.3 is 19.7 Å². The molecule has 0 saturated carbocycles. The van der Waals surface area contributed by atoms with E-state index in [0.717, 1.165) is 0 Å². The van der Waals surface area contributed by atoms with E-state index >= 15 is 0 Å². The minimum Gasteiger partial charge on any atom is -0.497 e. The minimum atomic E-state index is -4.59. The highest BCUT2D eigenvalue weighted by Gasteiger charge is 2.39. The second kappa shape index (κ2) is 15.3. The number of hydrogen-bond acceptors (Lipinski definition) is 10. The molecule has 14 nitrogen and oxygen atoms in total. The number of hydrogen-bond donors (Lipinski definition) is 2. The molecule has 0 aliphatic carbocycles. The van der Waals surface area contributed by atoms with Gasteiger partial charge in [-0.05, 0) is 59.7 Å². The van der Waals surface area contributed by atoms with Crippen molar-refractivity contribution in [2.45, 2.75) is 47.8 Å². The minimum absolute atomic E-state index is 0.125. The van der Waals surface area contributed by atoms with E-state index in [-0.39, 0.29) is 20.9 Å². The molecule has 46 heavy (non-hydrogen) atoms. The van der Waals surface area contributed by atoms with Gasteiger partial charge in [0, 0.05) is 13.1 Å². The predicted octanol–water partition coefficient (Wildman–Crippen LogP) is 2.82. The normalized spacial score (nSPS) is 12.9. The van der Waals surface area contributed by atoms with Crippen LogP contribution in [0.15, 0.2) is 82.6 Å². The van der Waals surface area contributed by atoms with Gasteiger partial charge in [-0.15, -0.1) is 0 Å². The van der Waals surface area contributed by atoms with Crippen LogP contribution in [-0.2, 0) is 42.7 Å². The number of nitrogens with zero attached hydrogens (tertiary/aromatic N) is 4. The molecule has 242 valence electrons. The second-order valence-electron chi connectivity index (χ2n) is 9.65. The largest absolute Gasteiger partial charge is 0.497 e. The Balaban J connectivity index is 2.17. The van der Waals surface area contributed by atoms with Crippen LogP contribution < -0.4 is 9.47 Å². The molecule has 0 amide bonds. The number of methoxy groups -OCH3 is 2. The Morgan fingerprint density at radius 3 is 1.26 bits per heavy atom. The van der Waals surface area contributed by atoms with E-state index in [2.05, 4.69) is 0 Å². The first-order chi connectivity index (χ1) is 21.8. The highest BCUT2D eigenvalue weighted by molar-refractivity contribution is 7.89. The van der Waals surface area contributed by atoms with Gasteiger partial charge in [-0.1, -0.05) is 24.3 Å². The van der Waals surface area contributed by atoms with Crippen molar-refractivity contribution in [2.24, 2.45) is 0 Å². The lowest BCUT2D eigenvalue weighted by Gasteiger charge is -2.30. The Kier molecular flexibility index (Phi) is 11.8. The number of nitriles is 2. The summed E-state index contributed by atoms with van der Waals surface area (Å²) in [5.74, 6) is -2.52. The molecular formula is C30H30N4O10S2. The Labute approximate surface area is 266 Å². The van der Waals surface area contributed by atoms with Gasteiger partial charge in [0.1, 0.15) is 23.6 Å². The molecule has 0 aliphatic heterocycles. The second-order valence-corrected chi connectivity index (χ2v) is 13.4. The molecule has 2 atom stereocenters. The monoisotopic (exact) mass is 670 g/mol. The van der Waals surface area contributed by atoms with Crippen LogP contribution in [0.4, 0.5) is 0 Å². The van der Waals surface area contributed by atoms with E-state index in [1.165, 1.54) is 87.0 Å². The first-order valence-corrected chi connectivity index (χ1v) is 16.3. The lowest BCUT2D eigenvalue weighted by atomic mass is 10.1. The third-order valence-electron chi connectivity index (χ3n) is 6.94. The van der Waals surface area contributed by atoms with E-state index in [9.17, 15) is 47.2 Å². The third-order valence-corrected chi connectivity index (χ3v) is 10.7. The molecule has 3 aromatic carbocycles. The maximum atomic E-state index is 13.9. The fraction of sp³-hybridized carbons (Fsp3) is 0.267. The van der Waals surface area contributed by atoms with E-state index in [0.29, 0.717) is 20.1 Å². The van der Waals surface area contributed by atoms with Crippen molar-refractivity contribution in [3.63, 3.8) is 0 Å². The first kappa shape index (κ1) is 35.5.